The van der Waals surface area contributed by atoms with Crippen LogP contribution in [-0.2, 0) is 22.6 Å². The van der Waals surface area contributed by atoms with E-state index >= 15 is 0 Å². The number of likely N-dealkylation sites (tertiary alicyclic amines) is 1. The van der Waals surface area contributed by atoms with Crippen LogP contribution < -0.4 is 10.5 Å². The van der Waals surface area contributed by atoms with E-state index < -0.39 is 0 Å². The minimum Gasteiger partial charge on any atom is -0.496 e. The van der Waals surface area contributed by atoms with Crippen LogP contribution in [0.1, 0.15) is 24.0 Å². The maximum atomic E-state index is 11.7. The number of esters is 1. The lowest BCUT2D eigenvalue weighted by molar-refractivity contribution is -0.146. The summed E-state index contributed by atoms with van der Waals surface area (Å²) in [6, 6.07) is 5.88. The van der Waals surface area contributed by atoms with Crippen molar-refractivity contribution in [3.8, 4) is 5.75 Å². The van der Waals surface area contributed by atoms with Crippen LogP contribution in [0.3, 0.4) is 0 Å². The molecule has 1 aliphatic heterocycles. The molecule has 1 aromatic carbocycles. The largest absolute Gasteiger partial charge is 0.496 e. The quantitative estimate of drug-likeness (QED) is 0.822. The maximum Gasteiger partial charge on any atom is 0.323 e. The monoisotopic (exact) mass is 278 g/mol. The van der Waals surface area contributed by atoms with Crippen molar-refractivity contribution in [3.05, 3.63) is 29.3 Å². The number of methoxy groups -OCH3 is 2. The Morgan fingerprint density at radius 2 is 2.25 bits per heavy atom. The summed E-state index contributed by atoms with van der Waals surface area (Å²) < 4.78 is 10.1. The van der Waals surface area contributed by atoms with Crippen molar-refractivity contribution in [1.82, 2.24) is 4.90 Å². The van der Waals surface area contributed by atoms with E-state index in [9.17, 15) is 4.79 Å². The van der Waals surface area contributed by atoms with E-state index in [4.69, 9.17) is 15.2 Å². The number of carbonyl (C=O) groups is 1. The highest BCUT2D eigenvalue weighted by molar-refractivity contribution is 5.75. The zero-order chi connectivity index (χ0) is 14.5. The topological polar surface area (TPSA) is 64.8 Å². The summed E-state index contributed by atoms with van der Waals surface area (Å²) in [7, 11) is 3.08. The van der Waals surface area contributed by atoms with Crippen LogP contribution in [-0.4, -0.2) is 37.7 Å². The lowest BCUT2D eigenvalue weighted by atomic mass is 10.1. The number of hydrogen-bond acceptors (Lipinski definition) is 5. The van der Waals surface area contributed by atoms with Gasteiger partial charge >= 0.3 is 5.97 Å². The van der Waals surface area contributed by atoms with Gasteiger partial charge in [0.25, 0.3) is 0 Å². The molecule has 1 aliphatic rings. The molecule has 0 bridgehead atoms. The SMILES string of the molecule is COC(=O)C1CCCN1Cc1ccc(OC)c(CN)c1. The fourth-order valence-electron chi connectivity index (χ4n) is 2.74. The molecule has 1 unspecified atom stereocenters. The van der Waals surface area contributed by atoms with Crippen molar-refractivity contribution < 1.29 is 14.3 Å². The molecule has 1 saturated heterocycles. The van der Waals surface area contributed by atoms with E-state index in [-0.39, 0.29) is 12.0 Å². The Morgan fingerprint density at radius 1 is 1.45 bits per heavy atom. The van der Waals surface area contributed by atoms with Crippen LogP contribution >= 0.6 is 0 Å². The molecule has 0 saturated carbocycles. The smallest absolute Gasteiger partial charge is 0.323 e. The summed E-state index contributed by atoms with van der Waals surface area (Å²) in [5.41, 5.74) is 7.86. The Kier molecular flexibility index (Phi) is 4.98. The average molecular weight is 278 g/mol. The highest BCUT2D eigenvalue weighted by Crippen LogP contribution is 2.24. The first kappa shape index (κ1) is 14.8. The van der Waals surface area contributed by atoms with E-state index in [1.807, 2.05) is 18.2 Å². The van der Waals surface area contributed by atoms with Crippen molar-refractivity contribution in [2.45, 2.75) is 32.0 Å². The molecule has 0 aromatic heterocycles. The van der Waals surface area contributed by atoms with Gasteiger partial charge in [-0.2, -0.15) is 0 Å². The van der Waals surface area contributed by atoms with Crippen LogP contribution in [0.2, 0.25) is 0 Å². The van der Waals surface area contributed by atoms with Gasteiger partial charge in [-0.3, -0.25) is 9.69 Å². The number of carbonyl (C=O) groups excluding carboxylic acids is 1. The lowest BCUT2D eigenvalue weighted by Crippen LogP contribution is -2.36. The van der Waals surface area contributed by atoms with E-state index in [1.54, 1.807) is 7.11 Å². The number of nitrogens with two attached hydrogens (primary N) is 1. The Hall–Kier alpha value is -1.59. The molecule has 2 N–H and O–H groups in total. The molecule has 2 rings (SSSR count). The summed E-state index contributed by atoms with van der Waals surface area (Å²) in [6.45, 7) is 2.10. The predicted octanol–water partition coefficient (Wildman–Crippen LogP) is 1.29. The molecule has 1 aromatic rings. The normalized spacial score (nSPS) is 19.1. The molecule has 0 aliphatic carbocycles. The molecule has 0 radical (unpaired) electrons. The van der Waals surface area contributed by atoms with E-state index in [2.05, 4.69) is 4.90 Å². The number of hydrogen-bond donors (Lipinski definition) is 1. The van der Waals surface area contributed by atoms with Gasteiger partial charge in [0.2, 0.25) is 0 Å². The maximum absolute atomic E-state index is 11.7. The van der Waals surface area contributed by atoms with Crippen LogP contribution in [0.4, 0.5) is 0 Å². The van der Waals surface area contributed by atoms with Gasteiger partial charge in [-0.1, -0.05) is 6.07 Å². The molecular weight excluding hydrogens is 256 g/mol. The highest BCUT2D eigenvalue weighted by atomic mass is 16.5. The van der Waals surface area contributed by atoms with Crippen LogP contribution in [0.15, 0.2) is 18.2 Å². The highest BCUT2D eigenvalue weighted by Gasteiger charge is 2.31. The molecule has 0 spiro atoms. The van der Waals surface area contributed by atoms with Gasteiger partial charge in [0.15, 0.2) is 0 Å². The van der Waals surface area contributed by atoms with Gasteiger partial charge in [0.1, 0.15) is 11.8 Å². The van der Waals surface area contributed by atoms with E-state index in [0.29, 0.717) is 6.54 Å². The molecule has 1 fully saturated rings. The number of nitrogens with zero attached hydrogens (tertiary/aromatic N) is 1. The summed E-state index contributed by atoms with van der Waals surface area (Å²) in [6.07, 6.45) is 1.90. The number of benzene rings is 1. The Morgan fingerprint density at radius 3 is 2.90 bits per heavy atom. The van der Waals surface area contributed by atoms with Gasteiger partial charge in [0.05, 0.1) is 14.2 Å². The number of ether oxygens (including phenoxy) is 2. The van der Waals surface area contributed by atoms with Gasteiger partial charge in [-0.15, -0.1) is 0 Å². The minimum atomic E-state index is -0.143. The van der Waals surface area contributed by atoms with E-state index in [0.717, 1.165) is 42.8 Å². The van der Waals surface area contributed by atoms with Crippen LogP contribution in [0, 0.1) is 0 Å². The summed E-state index contributed by atoms with van der Waals surface area (Å²) >= 11 is 0. The Balaban J connectivity index is 2.11. The summed E-state index contributed by atoms with van der Waals surface area (Å²) in [5, 5.41) is 0. The molecule has 110 valence electrons. The standard InChI is InChI=1S/C15H22N2O3/c1-19-14-6-5-11(8-12(14)9-16)10-17-7-3-4-13(17)15(18)20-2/h5-6,8,13H,3-4,7,9-10,16H2,1-2H3. The first-order valence-corrected chi connectivity index (χ1v) is 6.87. The minimum absolute atomic E-state index is 0.122. The van der Waals surface area contributed by atoms with Crippen molar-refractivity contribution in [2.24, 2.45) is 5.73 Å². The third-order valence-corrected chi connectivity index (χ3v) is 3.79. The third-order valence-electron chi connectivity index (χ3n) is 3.79. The second-order valence-corrected chi connectivity index (χ2v) is 5.00. The van der Waals surface area contributed by atoms with Crippen LogP contribution in [0.5, 0.6) is 5.75 Å². The molecule has 0 amide bonds. The Labute approximate surface area is 119 Å². The molecule has 5 heteroatoms. The second kappa shape index (κ2) is 6.72. The molecule has 5 nitrogen and oxygen atoms in total. The van der Waals surface area contributed by atoms with Gasteiger partial charge in [-0.05, 0) is 37.1 Å². The van der Waals surface area contributed by atoms with E-state index in [1.165, 1.54) is 7.11 Å². The zero-order valence-corrected chi connectivity index (χ0v) is 12.1. The van der Waals surface area contributed by atoms with Gasteiger partial charge in [0, 0.05) is 18.7 Å². The fraction of sp³-hybridized carbons (Fsp3) is 0.533. The van der Waals surface area contributed by atoms with Crippen molar-refractivity contribution in [1.29, 1.82) is 0 Å². The second-order valence-electron chi connectivity index (χ2n) is 5.00. The Bertz CT molecular complexity index is 476. The summed E-state index contributed by atoms with van der Waals surface area (Å²) in [4.78, 5) is 13.9. The fourth-order valence-corrected chi connectivity index (χ4v) is 2.74. The summed E-state index contributed by atoms with van der Waals surface area (Å²) in [5.74, 6) is 0.664. The van der Waals surface area contributed by atoms with Gasteiger partial charge < -0.3 is 15.2 Å². The van der Waals surface area contributed by atoms with Gasteiger partial charge in [-0.25, -0.2) is 0 Å². The number of rotatable bonds is 5. The predicted molar refractivity (Wildman–Crippen MR) is 76.3 cm³/mol. The molecule has 20 heavy (non-hydrogen) atoms. The molecule has 1 heterocycles. The van der Waals surface area contributed by atoms with Crippen molar-refractivity contribution in [2.75, 3.05) is 20.8 Å². The lowest BCUT2D eigenvalue weighted by Gasteiger charge is -2.22. The molecular formula is C15H22N2O3. The average Bonchev–Trinajstić information content (AvgIpc) is 2.94. The zero-order valence-electron chi connectivity index (χ0n) is 12.1. The third kappa shape index (κ3) is 3.11. The first-order valence-electron chi connectivity index (χ1n) is 6.87. The molecule has 1 atom stereocenters. The van der Waals surface area contributed by atoms with Crippen LogP contribution in [0.25, 0.3) is 0 Å². The van der Waals surface area contributed by atoms with Crippen molar-refractivity contribution in [3.63, 3.8) is 0 Å². The van der Waals surface area contributed by atoms with Crippen molar-refractivity contribution >= 4 is 5.97 Å². The first-order chi connectivity index (χ1) is 9.69.